The third-order valence-electron chi connectivity index (χ3n) is 4.88. The summed E-state index contributed by atoms with van der Waals surface area (Å²) in [7, 11) is 0. The molecule has 1 amide bonds. The van der Waals surface area contributed by atoms with Crippen molar-refractivity contribution in [2.45, 2.75) is 39.2 Å². The van der Waals surface area contributed by atoms with E-state index >= 15 is 0 Å². The van der Waals surface area contributed by atoms with Crippen LogP contribution < -0.4 is 10.1 Å². The number of aryl methyl sites for hydroxylation is 1. The highest BCUT2D eigenvalue weighted by molar-refractivity contribution is 5.78. The second-order valence-electron chi connectivity index (χ2n) is 8.36. The molecule has 0 fully saturated rings. The van der Waals surface area contributed by atoms with Crippen LogP contribution in [0.4, 0.5) is 0 Å². The van der Waals surface area contributed by atoms with E-state index in [1.54, 1.807) is 0 Å². The van der Waals surface area contributed by atoms with Gasteiger partial charge in [-0.05, 0) is 40.7 Å². The lowest BCUT2D eigenvalue weighted by Crippen LogP contribution is -2.33. The monoisotopic (exact) mass is 387 g/mol. The molecule has 0 spiro atoms. The summed E-state index contributed by atoms with van der Waals surface area (Å²) in [6.45, 7) is 8.44. The first-order valence-electron chi connectivity index (χ1n) is 9.98. The van der Waals surface area contributed by atoms with Crippen LogP contribution in [0.3, 0.4) is 0 Å². The summed E-state index contributed by atoms with van der Waals surface area (Å²) in [4.78, 5) is 12.8. The van der Waals surface area contributed by atoms with E-state index in [4.69, 9.17) is 4.74 Å². The maximum atomic E-state index is 12.8. The van der Waals surface area contributed by atoms with Crippen molar-refractivity contribution in [2.24, 2.45) is 0 Å². The van der Waals surface area contributed by atoms with Gasteiger partial charge in [-0.15, -0.1) is 0 Å². The van der Waals surface area contributed by atoms with Gasteiger partial charge in [0, 0.05) is 0 Å². The summed E-state index contributed by atoms with van der Waals surface area (Å²) >= 11 is 0. The van der Waals surface area contributed by atoms with E-state index in [0.29, 0.717) is 0 Å². The third kappa shape index (κ3) is 5.47. The smallest absolute Gasteiger partial charge is 0.258 e. The van der Waals surface area contributed by atoms with E-state index in [1.165, 1.54) is 0 Å². The molecule has 0 bridgehead atoms. The quantitative estimate of drug-likeness (QED) is 0.600. The Morgan fingerprint density at radius 3 is 1.97 bits per heavy atom. The molecule has 0 aliphatic carbocycles. The predicted molar refractivity (Wildman–Crippen MR) is 118 cm³/mol. The molecular formula is C26H29NO2. The van der Waals surface area contributed by atoms with Gasteiger partial charge >= 0.3 is 0 Å². The van der Waals surface area contributed by atoms with Crippen molar-refractivity contribution in [3.05, 3.63) is 101 Å². The van der Waals surface area contributed by atoms with Gasteiger partial charge in [0.1, 0.15) is 5.75 Å². The summed E-state index contributed by atoms with van der Waals surface area (Å²) < 4.78 is 5.97. The SMILES string of the molecule is Cc1ccc(C(C)(C)C)c(OCC(=O)NC(c2ccccc2)c2ccccc2)c1. The number of amides is 1. The van der Waals surface area contributed by atoms with Gasteiger partial charge in [-0.1, -0.05) is 93.6 Å². The van der Waals surface area contributed by atoms with Gasteiger partial charge in [-0.25, -0.2) is 0 Å². The van der Waals surface area contributed by atoms with Gasteiger partial charge in [-0.2, -0.15) is 0 Å². The summed E-state index contributed by atoms with van der Waals surface area (Å²) in [5.41, 5.74) is 4.23. The lowest BCUT2D eigenvalue weighted by Gasteiger charge is -2.24. The van der Waals surface area contributed by atoms with Crippen LogP contribution in [0.25, 0.3) is 0 Å². The molecule has 0 unspecified atom stereocenters. The molecule has 0 aliphatic heterocycles. The number of hydrogen-bond donors (Lipinski definition) is 1. The maximum absolute atomic E-state index is 12.8. The van der Waals surface area contributed by atoms with E-state index in [0.717, 1.165) is 28.0 Å². The standard InChI is InChI=1S/C26H29NO2/c1-19-15-16-22(26(2,3)4)23(17-19)29-18-24(28)27-25(20-11-7-5-8-12-20)21-13-9-6-10-14-21/h5-17,25H,18H2,1-4H3,(H,27,28). The molecule has 0 atom stereocenters. The minimum absolute atomic E-state index is 0.0251. The average molecular weight is 388 g/mol. The lowest BCUT2D eigenvalue weighted by atomic mass is 9.86. The zero-order valence-corrected chi connectivity index (χ0v) is 17.6. The average Bonchev–Trinajstić information content (AvgIpc) is 2.71. The van der Waals surface area contributed by atoms with Crippen LogP contribution in [-0.4, -0.2) is 12.5 Å². The van der Waals surface area contributed by atoms with Gasteiger partial charge in [0.2, 0.25) is 0 Å². The number of hydrogen-bond acceptors (Lipinski definition) is 2. The molecule has 0 saturated heterocycles. The van der Waals surface area contributed by atoms with Crippen molar-refractivity contribution in [2.75, 3.05) is 6.61 Å². The van der Waals surface area contributed by atoms with Crippen LogP contribution in [0.5, 0.6) is 5.75 Å². The summed E-state index contributed by atoms with van der Waals surface area (Å²) in [5, 5.41) is 3.13. The van der Waals surface area contributed by atoms with Crippen LogP contribution in [0.15, 0.2) is 78.9 Å². The second-order valence-corrected chi connectivity index (χ2v) is 8.36. The highest BCUT2D eigenvalue weighted by Gasteiger charge is 2.21. The fraction of sp³-hybridized carbons (Fsp3) is 0.269. The number of nitrogens with one attached hydrogen (secondary N) is 1. The van der Waals surface area contributed by atoms with E-state index in [2.05, 4.69) is 38.2 Å². The van der Waals surface area contributed by atoms with Gasteiger partial charge in [0.25, 0.3) is 5.91 Å². The van der Waals surface area contributed by atoms with E-state index in [-0.39, 0.29) is 24.0 Å². The van der Waals surface area contributed by atoms with Crippen LogP contribution in [0.1, 0.15) is 49.1 Å². The van der Waals surface area contributed by atoms with Crippen molar-refractivity contribution in [3.63, 3.8) is 0 Å². The fourth-order valence-electron chi connectivity index (χ4n) is 3.36. The van der Waals surface area contributed by atoms with Crippen molar-refractivity contribution in [3.8, 4) is 5.75 Å². The molecule has 3 aromatic carbocycles. The number of ether oxygens (including phenoxy) is 1. The van der Waals surface area contributed by atoms with Gasteiger partial charge < -0.3 is 10.1 Å². The second kappa shape index (κ2) is 8.95. The van der Waals surface area contributed by atoms with E-state index < -0.39 is 0 Å². The van der Waals surface area contributed by atoms with Crippen LogP contribution in [0.2, 0.25) is 0 Å². The minimum atomic E-state index is -0.215. The molecule has 3 rings (SSSR count). The summed E-state index contributed by atoms with van der Waals surface area (Å²) in [6.07, 6.45) is 0. The molecule has 150 valence electrons. The molecule has 3 nitrogen and oxygen atoms in total. The molecule has 1 N–H and O–H groups in total. The molecule has 29 heavy (non-hydrogen) atoms. The van der Waals surface area contributed by atoms with Crippen molar-refractivity contribution >= 4 is 5.91 Å². The predicted octanol–water partition coefficient (Wildman–Crippen LogP) is 5.58. The Bertz CT molecular complexity index is 904. The van der Waals surface area contributed by atoms with Crippen molar-refractivity contribution in [1.82, 2.24) is 5.32 Å². The minimum Gasteiger partial charge on any atom is -0.483 e. The Kier molecular flexibility index (Phi) is 6.38. The number of rotatable bonds is 6. The maximum Gasteiger partial charge on any atom is 0.258 e. The fourth-order valence-corrected chi connectivity index (χ4v) is 3.36. The number of carbonyl (C=O) groups excluding carboxylic acids is 1. The molecule has 0 aliphatic rings. The Morgan fingerprint density at radius 1 is 0.897 bits per heavy atom. The number of benzene rings is 3. The topological polar surface area (TPSA) is 38.3 Å². The molecule has 3 heteroatoms. The first-order valence-corrected chi connectivity index (χ1v) is 9.98. The first kappa shape index (κ1) is 20.7. The van der Waals surface area contributed by atoms with Crippen LogP contribution >= 0.6 is 0 Å². The largest absolute Gasteiger partial charge is 0.483 e. The Labute approximate surface area is 173 Å². The van der Waals surface area contributed by atoms with Gasteiger partial charge in [-0.3, -0.25) is 4.79 Å². The summed E-state index contributed by atoms with van der Waals surface area (Å²) in [5.74, 6) is 0.618. The number of carbonyl (C=O) groups is 1. The van der Waals surface area contributed by atoms with Gasteiger partial charge in [0.05, 0.1) is 6.04 Å². The molecule has 0 aromatic heterocycles. The lowest BCUT2D eigenvalue weighted by molar-refractivity contribution is -0.123. The molecule has 0 heterocycles. The Hall–Kier alpha value is -3.07. The summed E-state index contributed by atoms with van der Waals surface area (Å²) in [6, 6.07) is 25.9. The third-order valence-corrected chi connectivity index (χ3v) is 4.88. The van der Waals surface area contributed by atoms with E-state index in [9.17, 15) is 4.79 Å². The zero-order chi connectivity index (χ0) is 20.9. The first-order chi connectivity index (χ1) is 13.8. The van der Waals surface area contributed by atoms with Crippen LogP contribution in [-0.2, 0) is 10.2 Å². The Balaban J connectivity index is 1.76. The van der Waals surface area contributed by atoms with Crippen molar-refractivity contribution < 1.29 is 9.53 Å². The highest BCUT2D eigenvalue weighted by atomic mass is 16.5. The van der Waals surface area contributed by atoms with Gasteiger partial charge in [0.15, 0.2) is 6.61 Å². The normalized spacial score (nSPS) is 11.3. The van der Waals surface area contributed by atoms with Crippen molar-refractivity contribution in [1.29, 1.82) is 0 Å². The van der Waals surface area contributed by atoms with Crippen LogP contribution in [0, 0.1) is 6.92 Å². The molecular weight excluding hydrogens is 358 g/mol. The Morgan fingerprint density at radius 2 is 1.45 bits per heavy atom. The molecule has 3 aromatic rings. The highest BCUT2D eigenvalue weighted by Crippen LogP contribution is 2.32. The molecule has 0 saturated carbocycles. The molecule has 0 radical (unpaired) electrons. The van der Waals surface area contributed by atoms with E-state index in [1.807, 2.05) is 73.7 Å². The zero-order valence-electron chi connectivity index (χ0n) is 17.6.